The molecule has 166 valence electrons. The van der Waals surface area contributed by atoms with Gasteiger partial charge in [-0.15, -0.1) is 0 Å². The van der Waals surface area contributed by atoms with Crippen LogP contribution in [-0.4, -0.2) is 62.4 Å². The number of carbonyl (C=O) groups is 1. The fraction of sp³-hybridized carbons (Fsp3) is 0.625. The molecule has 0 aliphatic carbocycles. The normalized spacial score (nSPS) is 19.7. The van der Waals surface area contributed by atoms with E-state index in [0.29, 0.717) is 18.0 Å². The van der Waals surface area contributed by atoms with E-state index in [1.165, 1.54) is 19.3 Å². The molecule has 0 radical (unpaired) electrons. The van der Waals surface area contributed by atoms with Crippen LogP contribution in [0.15, 0.2) is 24.3 Å². The standard InChI is InChI=1S/C24H36N2O4/c1-19(2)30-21-9-7-20(17-22(21)28-3)8-10-23(27)25-18-24(11-15-29-16-12-24)26-13-5-4-6-14-26/h7-10,17,19H,4-6,11-16,18H2,1-3H3,(H,25,27)/b10-8+. The van der Waals surface area contributed by atoms with Gasteiger partial charge in [0.1, 0.15) is 0 Å². The van der Waals surface area contributed by atoms with Crippen LogP contribution >= 0.6 is 0 Å². The molecule has 2 aliphatic rings. The summed E-state index contributed by atoms with van der Waals surface area (Å²) in [5.41, 5.74) is 0.927. The molecule has 1 aromatic carbocycles. The summed E-state index contributed by atoms with van der Waals surface area (Å²) in [5.74, 6) is 1.30. The van der Waals surface area contributed by atoms with E-state index in [-0.39, 0.29) is 17.6 Å². The second kappa shape index (κ2) is 10.8. The molecule has 2 heterocycles. The lowest BCUT2D eigenvalue weighted by molar-refractivity contribution is -0.118. The van der Waals surface area contributed by atoms with Gasteiger partial charge in [-0.3, -0.25) is 9.69 Å². The summed E-state index contributed by atoms with van der Waals surface area (Å²) < 4.78 is 16.8. The minimum atomic E-state index is -0.0700. The van der Waals surface area contributed by atoms with Crippen LogP contribution in [0, 0.1) is 0 Å². The van der Waals surface area contributed by atoms with Crippen molar-refractivity contribution in [2.45, 2.75) is 57.6 Å². The van der Waals surface area contributed by atoms with Crippen LogP contribution in [0.4, 0.5) is 0 Å². The summed E-state index contributed by atoms with van der Waals surface area (Å²) in [5, 5.41) is 3.15. The number of hydrogen-bond acceptors (Lipinski definition) is 5. The lowest BCUT2D eigenvalue weighted by atomic mass is 9.86. The molecule has 3 rings (SSSR count). The van der Waals surface area contributed by atoms with E-state index in [1.54, 1.807) is 13.2 Å². The Hall–Kier alpha value is -2.05. The highest BCUT2D eigenvalue weighted by atomic mass is 16.5. The van der Waals surface area contributed by atoms with Gasteiger partial charge < -0.3 is 19.5 Å². The number of amides is 1. The lowest BCUT2D eigenvalue weighted by Crippen LogP contribution is -2.59. The molecular weight excluding hydrogens is 380 g/mol. The zero-order valence-corrected chi connectivity index (χ0v) is 18.6. The Bertz CT molecular complexity index is 720. The van der Waals surface area contributed by atoms with Gasteiger partial charge >= 0.3 is 0 Å². The molecule has 2 fully saturated rings. The third-order valence-electron chi connectivity index (χ3n) is 6.02. The average Bonchev–Trinajstić information content (AvgIpc) is 2.78. The fourth-order valence-corrected chi connectivity index (χ4v) is 4.35. The molecule has 0 saturated carbocycles. The number of hydrogen-bond donors (Lipinski definition) is 1. The quantitative estimate of drug-likeness (QED) is 0.656. The average molecular weight is 417 g/mol. The van der Waals surface area contributed by atoms with Gasteiger partial charge in [-0.1, -0.05) is 12.5 Å². The first-order valence-corrected chi connectivity index (χ1v) is 11.2. The highest BCUT2D eigenvalue weighted by Crippen LogP contribution is 2.31. The second-order valence-corrected chi connectivity index (χ2v) is 8.51. The van der Waals surface area contributed by atoms with Crippen LogP contribution in [0.3, 0.4) is 0 Å². The Balaban J connectivity index is 1.60. The molecule has 6 nitrogen and oxygen atoms in total. The van der Waals surface area contributed by atoms with Crippen molar-refractivity contribution in [3.05, 3.63) is 29.8 Å². The summed E-state index contributed by atoms with van der Waals surface area (Å²) in [4.78, 5) is 15.1. The van der Waals surface area contributed by atoms with E-state index in [1.807, 2.05) is 38.1 Å². The number of likely N-dealkylation sites (tertiary alicyclic amines) is 1. The van der Waals surface area contributed by atoms with Gasteiger partial charge in [0.15, 0.2) is 11.5 Å². The van der Waals surface area contributed by atoms with Gasteiger partial charge in [-0.25, -0.2) is 0 Å². The van der Waals surface area contributed by atoms with Gasteiger partial charge in [-0.05, 0) is 76.4 Å². The van der Waals surface area contributed by atoms with Gasteiger partial charge in [0.2, 0.25) is 5.91 Å². The molecular formula is C24H36N2O4. The summed E-state index contributed by atoms with van der Waals surface area (Å²) in [6.07, 6.45) is 9.24. The molecule has 6 heteroatoms. The van der Waals surface area contributed by atoms with E-state index in [2.05, 4.69) is 10.2 Å². The number of methoxy groups -OCH3 is 1. The van der Waals surface area contributed by atoms with Crippen molar-refractivity contribution >= 4 is 12.0 Å². The molecule has 30 heavy (non-hydrogen) atoms. The van der Waals surface area contributed by atoms with Crippen LogP contribution in [0.2, 0.25) is 0 Å². The SMILES string of the molecule is COc1cc(/C=C/C(=O)NCC2(N3CCCCC3)CCOCC2)ccc1OC(C)C. The number of rotatable bonds is 8. The van der Waals surface area contributed by atoms with Gasteiger partial charge in [0.25, 0.3) is 0 Å². The van der Waals surface area contributed by atoms with Crippen molar-refractivity contribution in [3.8, 4) is 11.5 Å². The van der Waals surface area contributed by atoms with Crippen LogP contribution in [0.5, 0.6) is 11.5 Å². The molecule has 0 spiro atoms. The van der Waals surface area contributed by atoms with E-state index in [4.69, 9.17) is 14.2 Å². The van der Waals surface area contributed by atoms with Crippen molar-refractivity contribution in [1.29, 1.82) is 0 Å². The zero-order chi connectivity index (χ0) is 21.4. The number of ether oxygens (including phenoxy) is 3. The van der Waals surface area contributed by atoms with Gasteiger partial charge in [0.05, 0.1) is 13.2 Å². The Morgan fingerprint density at radius 3 is 2.60 bits per heavy atom. The van der Waals surface area contributed by atoms with Gasteiger partial charge in [-0.2, -0.15) is 0 Å². The maximum absolute atomic E-state index is 12.5. The van der Waals surface area contributed by atoms with Crippen molar-refractivity contribution in [3.63, 3.8) is 0 Å². The molecule has 2 aliphatic heterocycles. The predicted octanol–water partition coefficient (Wildman–Crippen LogP) is 3.65. The van der Waals surface area contributed by atoms with E-state index >= 15 is 0 Å². The molecule has 1 aromatic rings. The number of benzene rings is 1. The van der Waals surface area contributed by atoms with Gasteiger partial charge in [0, 0.05) is 31.4 Å². The number of carbonyl (C=O) groups excluding carboxylic acids is 1. The van der Waals surface area contributed by atoms with E-state index < -0.39 is 0 Å². The second-order valence-electron chi connectivity index (χ2n) is 8.51. The Labute approximate surface area is 180 Å². The highest BCUT2D eigenvalue weighted by Gasteiger charge is 2.38. The third kappa shape index (κ3) is 5.99. The van der Waals surface area contributed by atoms with Crippen molar-refractivity contribution in [2.75, 3.05) is 40.0 Å². The van der Waals surface area contributed by atoms with Crippen LogP contribution in [-0.2, 0) is 9.53 Å². The lowest BCUT2D eigenvalue weighted by Gasteiger charge is -2.48. The van der Waals surface area contributed by atoms with Crippen molar-refractivity contribution in [1.82, 2.24) is 10.2 Å². The van der Waals surface area contributed by atoms with Crippen LogP contribution in [0.1, 0.15) is 51.5 Å². The topological polar surface area (TPSA) is 60.0 Å². The zero-order valence-electron chi connectivity index (χ0n) is 18.6. The monoisotopic (exact) mass is 416 g/mol. The maximum atomic E-state index is 12.5. The fourth-order valence-electron chi connectivity index (χ4n) is 4.35. The number of nitrogens with one attached hydrogen (secondary N) is 1. The minimum Gasteiger partial charge on any atom is -0.493 e. The maximum Gasteiger partial charge on any atom is 0.244 e. The smallest absolute Gasteiger partial charge is 0.244 e. The Morgan fingerprint density at radius 2 is 1.93 bits per heavy atom. The minimum absolute atomic E-state index is 0.0290. The Morgan fingerprint density at radius 1 is 1.20 bits per heavy atom. The van der Waals surface area contributed by atoms with E-state index in [9.17, 15) is 4.79 Å². The molecule has 1 amide bonds. The predicted molar refractivity (Wildman–Crippen MR) is 119 cm³/mol. The summed E-state index contributed by atoms with van der Waals surface area (Å²) in [7, 11) is 1.62. The largest absolute Gasteiger partial charge is 0.493 e. The molecule has 0 bridgehead atoms. The molecule has 0 unspecified atom stereocenters. The third-order valence-corrected chi connectivity index (χ3v) is 6.02. The first-order valence-electron chi connectivity index (χ1n) is 11.2. The summed E-state index contributed by atoms with van der Waals surface area (Å²) in [6, 6.07) is 5.69. The molecule has 1 N–H and O–H groups in total. The number of nitrogens with zero attached hydrogens (tertiary/aromatic N) is 1. The Kier molecular flexibility index (Phi) is 8.16. The first kappa shape index (κ1) is 22.6. The molecule has 2 saturated heterocycles. The summed E-state index contributed by atoms with van der Waals surface area (Å²) >= 11 is 0. The van der Waals surface area contributed by atoms with Crippen molar-refractivity contribution < 1.29 is 19.0 Å². The summed E-state index contributed by atoms with van der Waals surface area (Å²) in [6.45, 7) is 8.41. The number of piperidine rings is 1. The molecule has 0 atom stereocenters. The van der Waals surface area contributed by atoms with E-state index in [0.717, 1.165) is 44.7 Å². The first-order chi connectivity index (χ1) is 14.5. The van der Waals surface area contributed by atoms with Crippen molar-refractivity contribution in [2.24, 2.45) is 0 Å². The van der Waals surface area contributed by atoms with Crippen LogP contribution < -0.4 is 14.8 Å². The van der Waals surface area contributed by atoms with Crippen LogP contribution in [0.25, 0.3) is 6.08 Å². The molecule has 0 aromatic heterocycles. The highest BCUT2D eigenvalue weighted by molar-refractivity contribution is 5.91.